The molecule has 1 fully saturated rings. The molecule has 0 saturated heterocycles. The Morgan fingerprint density at radius 3 is 2.71 bits per heavy atom. The van der Waals surface area contributed by atoms with Crippen LogP contribution in [0.4, 0.5) is 5.69 Å². The van der Waals surface area contributed by atoms with Crippen LogP contribution in [0.25, 0.3) is 0 Å². The van der Waals surface area contributed by atoms with Crippen molar-refractivity contribution in [2.45, 2.75) is 32.6 Å². The van der Waals surface area contributed by atoms with Crippen molar-refractivity contribution in [3.63, 3.8) is 0 Å². The van der Waals surface area contributed by atoms with Gasteiger partial charge in [0.1, 0.15) is 5.75 Å². The van der Waals surface area contributed by atoms with Gasteiger partial charge in [-0.3, -0.25) is 9.59 Å². The first-order valence-corrected chi connectivity index (χ1v) is 7.39. The van der Waals surface area contributed by atoms with Gasteiger partial charge in [0.25, 0.3) is 0 Å². The third kappa shape index (κ3) is 3.74. The number of carbonyl (C=O) groups is 2. The normalized spacial score (nSPS) is 21.0. The summed E-state index contributed by atoms with van der Waals surface area (Å²) in [6.45, 7) is 2.59. The monoisotopic (exact) mass is 291 g/mol. The maximum Gasteiger partial charge on any atom is 0.307 e. The van der Waals surface area contributed by atoms with Crippen LogP contribution in [0.5, 0.6) is 5.75 Å². The number of aliphatic carboxylic acids is 1. The first-order valence-electron chi connectivity index (χ1n) is 7.39. The topological polar surface area (TPSA) is 75.6 Å². The molecule has 5 heteroatoms. The molecular formula is C16H21NO4. The van der Waals surface area contributed by atoms with E-state index in [9.17, 15) is 9.59 Å². The van der Waals surface area contributed by atoms with E-state index in [0.29, 0.717) is 30.9 Å². The van der Waals surface area contributed by atoms with E-state index >= 15 is 0 Å². The number of benzene rings is 1. The molecule has 2 rings (SSSR count). The molecule has 0 bridgehead atoms. The molecule has 21 heavy (non-hydrogen) atoms. The molecule has 2 unspecified atom stereocenters. The zero-order valence-electron chi connectivity index (χ0n) is 12.2. The Hall–Kier alpha value is -2.04. The lowest BCUT2D eigenvalue weighted by molar-refractivity contribution is -0.145. The van der Waals surface area contributed by atoms with Crippen molar-refractivity contribution in [1.82, 2.24) is 0 Å². The fourth-order valence-electron chi connectivity index (χ4n) is 2.70. The van der Waals surface area contributed by atoms with Gasteiger partial charge in [-0.15, -0.1) is 0 Å². The summed E-state index contributed by atoms with van der Waals surface area (Å²) >= 11 is 0. The van der Waals surface area contributed by atoms with Crippen LogP contribution < -0.4 is 10.1 Å². The Morgan fingerprint density at radius 1 is 1.29 bits per heavy atom. The molecule has 5 nitrogen and oxygen atoms in total. The van der Waals surface area contributed by atoms with E-state index in [4.69, 9.17) is 9.84 Å². The fraction of sp³-hybridized carbons (Fsp3) is 0.500. The molecule has 114 valence electrons. The number of anilines is 1. The van der Waals surface area contributed by atoms with Crippen LogP contribution in [0, 0.1) is 11.8 Å². The van der Waals surface area contributed by atoms with Crippen LogP contribution in [0.3, 0.4) is 0 Å². The number of rotatable bonds is 6. The molecule has 1 amide bonds. The Kier molecular flexibility index (Phi) is 5.20. The molecule has 0 spiro atoms. The maximum atomic E-state index is 12.3. The number of carboxylic acid groups (broad SMARTS) is 1. The number of nitrogens with one attached hydrogen (secondary N) is 1. The second-order valence-corrected chi connectivity index (χ2v) is 5.32. The van der Waals surface area contributed by atoms with Crippen molar-refractivity contribution in [2.75, 3.05) is 11.9 Å². The van der Waals surface area contributed by atoms with E-state index in [1.54, 1.807) is 12.1 Å². The highest BCUT2D eigenvalue weighted by Gasteiger charge is 2.37. The molecule has 0 radical (unpaired) electrons. The van der Waals surface area contributed by atoms with Gasteiger partial charge in [-0.25, -0.2) is 0 Å². The zero-order chi connectivity index (χ0) is 15.2. The van der Waals surface area contributed by atoms with Gasteiger partial charge in [0.2, 0.25) is 5.91 Å². The fourth-order valence-corrected chi connectivity index (χ4v) is 2.70. The Morgan fingerprint density at radius 2 is 2.00 bits per heavy atom. The third-order valence-corrected chi connectivity index (χ3v) is 3.78. The van der Waals surface area contributed by atoms with E-state index < -0.39 is 17.8 Å². The van der Waals surface area contributed by atoms with Gasteiger partial charge in [-0.05, 0) is 31.4 Å². The number of amides is 1. The summed E-state index contributed by atoms with van der Waals surface area (Å²) in [6.07, 6.45) is 2.86. The molecule has 1 aromatic rings. The second-order valence-electron chi connectivity index (χ2n) is 5.32. The van der Waals surface area contributed by atoms with Crippen LogP contribution in [0.1, 0.15) is 32.6 Å². The maximum absolute atomic E-state index is 12.3. The van der Waals surface area contributed by atoms with E-state index in [1.165, 1.54) is 0 Å². The van der Waals surface area contributed by atoms with E-state index in [2.05, 4.69) is 5.32 Å². The summed E-state index contributed by atoms with van der Waals surface area (Å²) in [5.74, 6) is -1.52. The Bertz CT molecular complexity index is 515. The van der Waals surface area contributed by atoms with Gasteiger partial charge >= 0.3 is 5.97 Å². The summed E-state index contributed by atoms with van der Waals surface area (Å²) in [5, 5.41) is 12.0. The van der Waals surface area contributed by atoms with Gasteiger partial charge in [0, 0.05) is 0 Å². The van der Waals surface area contributed by atoms with Crippen LogP contribution in [-0.2, 0) is 9.59 Å². The SMILES string of the molecule is CCCOc1ccccc1NC(=O)C1CCCC1C(=O)O. The number of hydrogen-bond donors (Lipinski definition) is 2. The summed E-state index contributed by atoms with van der Waals surface area (Å²) < 4.78 is 5.59. The molecule has 0 aliphatic heterocycles. The summed E-state index contributed by atoms with van der Waals surface area (Å²) in [4.78, 5) is 23.5. The molecular weight excluding hydrogens is 270 g/mol. The second kappa shape index (κ2) is 7.11. The van der Waals surface area contributed by atoms with E-state index in [1.807, 2.05) is 19.1 Å². The Labute approximate surface area is 124 Å². The van der Waals surface area contributed by atoms with Gasteiger partial charge in [0.15, 0.2) is 0 Å². The average molecular weight is 291 g/mol. The van der Waals surface area contributed by atoms with E-state index in [-0.39, 0.29) is 5.91 Å². The average Bonchev–Trinajstić information content (AvgIpc) is 2.96. The molecule has 1 saturated carbocycles. The molecule has 0 heterocycles. The smallest absolute Gasteiger partial charge is 0.307 e. The van der Waals surface area contributed by atoms with Crippen LogP contribution in [0.15, 0.2) is 24.3 Å². The third-order valence-electron chi connectivity index (χ3n) is 3.78. The molecule has 1 aliphatic carbocycles. The number of carboxylic acids is 1. The molecule has 2 atom stereocenters. The first-order chi connectivity index (χ1) is 10.1. The standard InChI is InChI=1S/C16H21NO4/c1-2-10-21-14-9-4-3-8-13(14)17-15(18)11-6-5-7-12(11)16(19)20/h3-4,8-9,11-12H,2,5-7,10H2,1H3,(H,17,18)(H,19,20). The minimum Gasteiger partial charge on any atom is -0.491 e. The van der Waals surface area contributed by atoms with Gasteiger partial charge in [-0.2, -0.15) is 0 Å². The highest BCUT2D eigenvalue weighted by Crippen LogP contribution is 2.34. The number of hydrogen-bond acceptors (Lipinski definition) is 3. The summed E-state index contributed by atoms with van der Waals surface area (Å²) in [6, 6.07) is 7.23. The minimum atomic E-state index is -0.886. The van der Waals surface area contributed by atoms with Crippen LogP contribution >= 0.6 is 0 Å². The number of para-hydroxylation sites is 2. The first kappa shape index (κ1) is 15.4. The van der Waals surface area contributed by atoms with Crippen molar-refractivity contribution >= 4 is 17.6 Å². The predicted octanol–water partition coefficient (Wildman–Crippen LogP) is 2.91. The summed E-state index contributed by atoms with van der Waals surface area (Å²) in [5.41, 5.74) is 0.604. The molecule has 1 aromatic carbocycles. The predicted molar refractivity (Wildman–Crippen MR) is 79.3 cm³/mol. The molecule has 1 aliphatic rings. The molecule has 0 aromatic heterocycles. The zero-order valence-corrected chi connectivity index (χ0v) is 12.2. The molecule has 2 N–H and O–H groups in total. The van der Waals surface area contributed by atoms with Crippen LogP contribution in [0.2, 0.25) is 0 Å². The largest absolute Gasteiger partial charge is 0.491 e. The van der Waals surface area contributed by atoms with Crippen LogP contribution in [-0.4, -0.2) is 23.6 Å². The highest BCUT2D eigenvalue weighted by molar-refractivity contribution is 5.96. The van der Waals surface area contributed by atoms with Gasteiger partial charge < -0.3 is 15.2 Å². The van der Waals surface area contributed by atoms with Gasteiger partial charge in [-0.1, -0.05) is 25.5 Å². The quantitative estimate of drug-likeness (QED) is 0.845. The van der Waals surface area contributed by atoms with Crippen molar-refractivity contribution in [3.05, 3.63) is 24.3 Å². The van der Waals surface area contributed by atoms with Crippen molar-refractivity contribution in [1.29, 1.82) is 0 Å². The Balaban J connectivity index is 2.07. The van der Waals surface area contributed by atoms with E-state index in [0.717, 1.165) is 12.8 Å². The lowest BCUT2D eigenvalue weighted by Crippen LogP contribution is -2.30. The van der Waals surface area contributed by atoms with Crippen molar-refractivity contribution in [3.8, 4) is 5.75 Å². The number of ether oxygens (including phenoxy) is 1. The number of carbonyl (C=O) groups excluding carboxylic acids is 1. The van der Waals surface area contributed by atoms with Gasteiger partial charge in [0.05, 0.1) is 24.1 Å². The lowest BCUT2D eigenvalue weighted by Gasteiger charge is -2.17. The van der Waals surface area contributed by atoms with Crippen molar-refractivity contribution < 1.29 is 19.4 Å². The summed E-state index contributed by atoms with van der Waals surface area (Å²) in [7, 11) is 0. The minimum absolute atomic E-state index is 0.229. The highest BCUT2D eigenvalue weighted by atomic mass is 16.5. The van der Waals surface area contributed by atoms with Crippen molar-refractivity contribution in [2.24, 2.45) is 11.8 Å². The lowest BCUT2D eigenvalue weighted by atomic mass is 9.95.